The number of fused-ring (bicyclic) bond motifs is 1. The van der Waals surface area contributed by atoms with Crippen molar-refractivity contribution in [2.24, 2.45) is 0 Å². The molecule has 78 valence electrons. The Morgan fingerprint density at radius 2 is 2.13 bits per heavy atom. The van der Waals surface area contributed by atoms with E-state index in [0.717, 1.165) is 11.5 Å². The maximum absolute atomic E-state index is 5.59. The third kappa shape index (κ3) is 1.35. The van der Waals surface area contributed by atoms with Crippen LogP contribution >= 0.6 is 0 Å². The minimum Gasteiger partial charge on any atom is -0.366 e. The SMILES string of the molecule is Nc1nc2ccnc(C3CCCC3)n2n1. The second kappa shape index (κ2) is 3.18. The highest BCUT2D eigenvalue weighted by Gasteiger charge is 2.21. The lowest BCUT2D eigenvalue weighted by Gasteiger charge is -2.08. The molecule has 0 radical (unpaired) electrons. The van der Waals surface area contributed by atoms with Crippen LogP contribution in [0.15, 0.2) is 12.3 Å². The van der Waals surface area contributed by atoms with E-state index in [0.29, 0.717) is 11.9 Å². The lowest BCUT2D eigenvalue weighted by molar-refractivity contribution is 0.634. The molecule has 0 amide bonds. The molecule has 5 heteroatoms. The summed E-state index contributed by atoms with van der Waals surface area (Å²) in [6.45, 7) is 0. The van der Waals surface area contributed by atoms with Crippen molar-refractivity contribution in [1.82, 2.24) is 19.6 Å². The molecule has 2 aromatic rings. The third-order valence-corrected chi connectivity index (χ3v) is 3.02. The molecule has 0 aliphatic heterocycles. The van der Waals surface area contributed by atoms with E-state index in [1.165, 1.54) is 25.7 Å². The van der Waals surface area contributed by atoms with Crippen LogP contribution < -0.4 is 5.73 Å². The van der Waals surface area contributed by atoms with Crippen LogP contribution in [0, 0.1) is 0 Å². The topological polar surface area (TPSA) is 69.1 Å². The van der Waals surface area contributed by atoms with Crippen LogP contribution in [0.2, 0.25) is 0 Å². The minimum atomic E-state index is 0.322. The van der Waals surface area contributed by atoms with Crippen molar-refractivity contribution in [1.29, 1.82) is 0 Å². The molecule has 15 heavy (non-hydrogen) atoms. The summed E-state index contributed by atoms with van der Waals surface area (Å²) in [6.07, 6.45) is 6.76. The van der Waals surface area contributed by atoms with Gasteiger partial charge in [0.25, 0.3) is 0 Å². The molecule has 0 bridgehead atoms. The smallest absolute Gasteiger partial charge is 0.240 e. The Balaban J connectivity index is 2.16. The predicted molar refractivity (Wildman–Crippen MR) is 56.4 cm³/mol. The Morgan fingerprint density at radius 1 is 1.33 bits per heavy atom. The molecule has 0 saturated heterocycles. The van der Waals surface area contributed by atoms with Crippen molar-refractivity contribution in [3.63, 3.8) is 0 Å². The van der Waals surface area contributed by atoms with E-state index >= 15 is 0 Å². The van der Waals surface area contributed by atoms with Gasteiger partial charge in [-0.05, 0) is 12.8 Å². The molecule has 3 rings (SSSR count). The largest absolute Gasteiger partial charge is 0.366 e. The van der Waals surface area contributed by atoms with Gasteiger partial charge in [0, 0.05) is 18.2 Å². The molecule has 0 atom stereocenters. The molecule has 5 nitrogen and oxygen atoms in total. The summed E-state index contributed by atoms with van der Waals surface area (Å²) in [4.78, 5) is 8.54. The zero-order chi connectivity index (χ0) is 10.3. The first-order valence-electron chi connectivity index (χ1n) is 5.32. The van der Waals surface area contributed by atoms with Gasteiger partial charge in [-0.25, -0.2) is 4.98 Å². The van der Waals surface area contributed by atoms with Gasteiger partial charge in [0.2, 0.25) is 5.95 Å². The van der Waals surface area contributed by atoms with E-state index < -0.39 is 0 Å². The summed E-state index contributed by atoms with van der Waals surface area (Å²) < 4.78 is 1.78. The fourth-order valence-corrected chi connectivity index (χ4v) is 2.31. The maximum Gasteiger partial charge on any atom is 0.240 e. The third-order valence-electron chi connectivity index (χ3n) is 3.02. The van der Waals surface area contributed by atoms with Gasteiger partial charge >= 0.3 is 0 Å². The van der Waals surface area contributed by atoms with Crippen molar-refractivity contribution < 1.29 is 0 Å². The highest BCUT2D eigenvalue weighted by molar-refractivity contribution is 5.41. The minimum absolute atomic E-state index is 0.322. The molecule has 0 aromatic carbocycles. The molecule has 0 spiro atoms. The number of nitrogens with two attached hydrogens (primary N) is 1. The van der Waals surface area contributed by atoms with Gasteiger partial charge in [-0.2, -0.15) is 9.50 Å². The van der Waals surface area contributed by atoms with Crippen molar-refractivity contribution in [3.05, 3.63) is 18.1 Å². The number of hydrogen-bond acceptors (Lipinski definition) is 4. The molecule has 1 aliphatic rings. The van der Waals surface area contributed by atoms with E-state index in [4.69, 9.17) is 5.73 Å². The quantitative estimate of drug-likeness (QED) is 0.759. The van der Waals surface area contributed by atoms with Crippen molar-refractivity contribution in [3.8, 4) is 0 Å². The van der Waals surface area contributed by atoms with Crippen LogP contribution in [0.4, 0.5) is 5.95 Å². The molecular weight excluding hydrogens is 190 g/mol. The highest BCUT2D eigenvalue weighted by atomic mass is 15.3. The summed E-state index contributed by atoms with van der Waals surface area (Å²) in [6, 6.07) is 1.84. The second-order valence-corrected chi connectivity index (χ2v) is 4.02. The highest BCUT2D eigenvalue weighted by Crippen LogP contribution is 2.32. The van der Waals surface area contributed by atoms with Gasteiger partial charge in [0.05, 0.1) is 0 Å². The van der Waals surface area contributed by atoms with Gasteiger partial charge in [-0.3, -0.25) is 0 Å². The molecule has 2 aromatic heterocycles. The zero-order valence-corrected chi connectivity index (χ0v) is 8.43. The molecule has 2 heterocycles. The van der Waals surface area contributed by atoms with E-state index in [2.05, 4.69) is 15.1 Å². The van der Waals surface area contributed by atoms with Gasteiger partial charge < -0.3 is 5.73 Å². The lowest BCUT2D eigenvalue weighted by atomic mass is 10.1. The molecule has 1 aliphatic carbocycles. The van der Waals surface area contributed by atoms with Crippen molar-refractivity contribution in [2.75, 3.05) is 5.73 Å². The second-order valence-electron chi connectivity index (χ2n) is 4.02. The van der Waals surface area contributed by atoms with Crippen LogP contribution in [0.1, 0.15) is 37.4 Å². The Bertz CT molecular complexity index is 484. The summed E-state index contributed by atoms with van der Waals surface area (Å²) in [7, 11) is 0. The van der Waals surface area contributed by atoms with Crippen LogP contribution in [-0.2, 0) is 0 Å². The van der Waals surface area contributed by atoms with E-state index in [1.54, 1.807) is 10.7 Å². The maximum atomic E-state index is 5.59. The monoisotopic (exact) mass is 203 g/mol. The Hall–Kier alpha value is -1.65. The van der Waals surface area contributed by atoms with E-state index in [-0.39, 0.29) is 0 Å². The van der Waals surface area contributed by atoms with Gasteiger partial charge in [-0.1, -0.05) is 12.8 Å². The first-order valence-corrected chi connectivity index (χ1v) is 5.32. The standard InChI is InChI=1S/C10H13N5/c11-10-13-8-5-6-12-9(15(8)14-10)7-3-1-2-4-7/h5-7H,1-4H2,(H2,11,14). The van der Waals surface area contributed by atoms with Gasteiger partial charge in [0.15, 0.2) is 5.65 Å². The predicted octanol–water partition coefficient (Wildman–Crippen LogP) is 1.36. The normalized spacial score (nSPS) is 17.6. The number of rotatable bonds is 1. The first kappa shape index (κ1) is 8.64. The van der Waals surface area contributed by atoms with E-state index in [9.17, 15) is 0 Å². The summed E-state index contributed by atoms with van der Waals surface area (Å²) in [5, 5.41) is 4.18. The van der Waals surface area contributed by atoms with Gasteiger partial charge in [0.1, 0.15) is 5.82 Å². The van der Waals surface area contributed by atoms with E-state index in [1.807, 2.05) is 6.07 Å². The summed E-state index contributed by atoms with van der Waals surface area (Å²) in [5.74, 6) is 1.85. The molecule has 1 saturated carbocycles. The molecule has 2 N–H and O–H groups in total. The number of aromatic nitrogens is 4. The number of nitrogen functional groups attached to an aromatic ring is 1. The van der Waals surface area contributed by atoms with Crippen LogP contribution in [0.5, 0.6) is 0 Å². The average molecular weight is 203 g/mol. The van der Waals surface area contributed by atoms with Gasteiger partial charge in [-0.15, -0.1) is 5.10 Å². The van der Waals surface area contributed by atoms with Crippen LogP contribution in [0.3, 0.4) is 0 Å². The number of anilines is 1. The lowest BCUT2D eigenvalue weighted by Crippen LogP contribution is -2.06. The van der Waals surface area contributed by atoms with Crippen LogP contribution in [-0.4, -0.2) is 19.6 Å². The Morgan fingerprint density at radius 3 is 2.93 bits per heavy atom. The Labute approximate surface area is 87.3 Å². The first-order chi connectivity index (χ1) is 7.34. The number of hydrogen-bond donors (Lipinski definition) is 1. The molecule has 1 fully saturated rings. The number of nitrogens with zero attached hydrogens (tertiary/aromatic N) is 4. The molecular formula is C10H13N5. The van der Waals surface area contributed by atoms with Crippen molar-refractivity contribution >= 4 is 11.6 Å². The average Bonchev–Trinajstić information content (AvgIpc) is 2.82. The van der Waals surface area contributed by atoms with Crippen LogP contribution in [0.25, 0.3) is 5.65 Å². The molecule has 0 unspecified atom stereocenters. The van der Waals surface area contributed by atoms with Crippen molar-refractivity contribution in [2.45, 2.75) is 31.6 Å². The zero-order valence-electron chi connectivity index (χ0n) is 8.43. The Kier molecular flexibility index (Phi) is 1.83. The summed E-state index contributed by atoms with van der Waals surface area (Å²) >= 11 is 0. The summed E-state index contributed by atoms with van der Waals surface area (Å²) in [5.41, 5.74) is 6.38. The fourth-order valence-electron chi connectivity index (χ4n) is 2.31. The fraction of sp³-hybridized carbons (Fsp3) is 0.500.